The first-order valence-electron chi connectivity index (χ1n) is 6.41. The number of hydrogen-bond donors (Lipinski definition) is 2. The number of carbonyl (C=O) groups excluding carboxylic acids is 1. The van der Waals surface area contributed by atoms with E-state index in [1.807, 2.05) is 14.1 Å². The van der Waals surface area contributed by atoms with Crippen molar-refractivity contribution in [2.75, 3.05) is 33.7 Å². The monoisotopic (exact) mass is 241 g/mol. The number of rotatable bonds is 5. The van der Waals surface area contributed by atoms with E-state index in [1.165, 1.54) is 0 Å². The van der Waals surface area contributed by atoms with Gasteiger partial charge in [0.1, 0.15) is 0 Å². The Hall–Kier alpha value is -0.650. The largest absolute Gasteiger partial charge is 0.392 e. The van der Waals surface area contributed by atoms with Gasteiger partial charge >= 0.3 is 0 Å². The number of aliphatic hydroxyl groups excluding tert-OH is 1. The van der Waals surface area contributed by atoms with Crippen LogP contribution in [0.1, 0.15) is 19.3 Å². The van der Waals surface area contributed by atoms with Crippen LogP contribution in [0.4, 0.5) is 0 Å². The summed E-state index contributed by atoms with van der Waals surface area (Å²) in [6.45, 7) is 1.94. The molecule has 2 rings (SSSR count). The molecular formula is C12H23N3O2. The van der Waals surface area contributed by atoms with Gasteiger partial charge in [0.05, 0.1) is 12.6 Å². The van der Waals surface area contributed by atoms with Gasteiger partial charge in [0, 0.05) is 25.2 Å². The van der Waals surface area contributed by atoms with Gasteiger partial charge in [-0.2, -0.15) is 0 Å². The fourth-order valence-corrected chi connectivity index (χ4v) is 2.45. The zero-order chi connectivity index (χ0) is 12.4. The van der Waals surface area contributed by atoms with Gasteiger partial charge in [-0.3, -0.25) is 9.69 Å². The second-order valence-corrected chi connectivity index (χ2v) is 5.58. The van der Waals surface area contributed by atoms with Crippen LogP contribution in [0.5, 0.6) is 0 Å². The lowest BCUT2D eigenvalue weighted by Crippen LogP contribution is -2.44. The second-order valence-electron chi connectivity index (χ2n) is 5.58. The third kappa shape index (κ3) is 3.94. The quantitative estimate of drug-likeness (QED) is 0.666. The van der Waals surface area contributed by atoms with Crippen LogP contribution in [0.3, 0.4) is 0 Å². The minimum absolute atomic E-state index is 0.102. The van der Waals surface area contributed by atoms with Crippen LogP contribution in [-0.2, 0) is 4.79 Å². The third-order valence-electron chi connectivity index (χ3n) is 3.37. The van der Waals surface area contributed by atoms with Gasteiger partial charge in [-0.25, -0.2) is 0 Å². The Morgan fingerprint density at radius 2 is 2.18 bits per heavy atom. The van der Waals surface area contributed by atoms with Crippen molar-refractivity contribution in [1.29, 1.82) is 0 Å². The number of likely N-dealkylation sites (tertiary alicyclic amines) is 1. The Balaban J connectivity index is 1.81. The van der Waals surface area contributed by atoms with Crippen molar-refractivity contribution in [3.63, 3.8) is 0 Å². The fourth-order valence-electron chi connectivity index (χ4n) is 2.45. The smallest absolute Gasteiger partial charge is 0.234 e. The van der Waals surface area contributed by atoms with Gasteiger partial charge in [0.25, 0.3) is 0 Å². The standard InChI is InChI=1S/C12H23N3O2/c1-14(2)6-10-5-11(16)7-15(10)8-12(17)13-9-3-4-9/h9-11,16H,3-8H2,1-2H3,(H,13,17). The van der Waals surface area contributed by atoms with Crippen LogP contribution < -0.4 is 5.32 Å². The second kappa shape index (κ2) is 5.33. The highest BCUT2D eigenvalue weighted by atomic mass is 16.3. The van der Waals surface area contributed by atoms with Gasteiger partial charge in [0.15, 0.2) is 0 Å². The number of amides is 1. The summed E-state index contributed by atoms with van der Waals surface area (Å²) in [5, 5.41) is 12.7. The number of hydrogen-bond acceptors (Lipinski definition) is 4. The summed E-state index contributed by atoms with van der Waals surface area (Å²) < 4.78 is 0. The molecule has 1 aliphatic heterocycles. The first kappa shape index (κ1) is 12.8. The van der Waals surface area contributed by atoms with Gasteiger partial charge in [0.2, 0.25) is 5.91 Å². The molecule has 2 N–H and O–H groups in total. The Morgan fingerprint density at radius 1 is 1.47 bits per heavy atom. The minimum atomic E-state index is -0.284. The van der Waals surface area contributed by atoms with Crippen molar-refractivity contribution in [2.24, 2.45) is 0 Å². The predicted octanol–water partition coefficient (Wildman–Crippen LogP) is -0.738. The molecule has 5 nitrogen and oxygen atoms in total. The van der Waals surface area contributed by atoms with Crippen LogP contribution in [0, 0.1) is 0 Å². The molecule has 1 heterocycles. The molecule has 2 aliphatic rings. The summed E-state index contributed by atoms with van der Waals surface area (Å²) in [4.78, 5) is 15.9. The maximum Gasteiger partial charge on any atom is 0.234 e. The van der Waals surface area contributed by atoms with Crippen molar-refractivity contribution in [1.82, 2.24) is 15.1 Å². The van der Waals surface area contributed by atoms with Gasteiger partial charge < -0.3 is 15.3 Å². The van der Waals surface area contributed by atoms with E-state index in [0.717, 1.165) is 25.8 Å². The Morgan fingerprint density at radius 3 is 2.76 bits per heavy atom. The lowest BCUT2D eigenvalue weighted by molar-refractivity contribution is -0.122. The molecule has 1 saturated heterocycles. The van der Waals surface area contributed by atoms with E-state index in [2.05, 4.69) is 15.1 Å². The molecule has 0 radical (unpaired) electrons. The molecule has 0 aromatic carbocycles. The molecule has 2 atom stereocenters. The highest BCUT2D eigenvalue weighted by Crippen LogP contribution is 2.20. The van der Waals surface area contributed by atoms with Crippen molar-refractivity contribution in [3.05, 3.63) is 0 Å². The zero-order valence-electron chi connectivity index (χ0n) is 10.7. The molecule has 0 spiro atoms. The summed E-state index contributed by atoms with van der Waals surface area (Å²) >= 11 is 0. The Bertz CT molecular complexity index is 279. The molecule has 5 heteroatoms. The van der Waals surface area contributed by atoms with E-state index >= 15 is 0 Å². The maximum atomic E-state index is 11.7. The lowest BCUT2D eigenvalue weighted by Gasteiger charge is -2.26. The van der Waals surface area contributed by atoms with Gasteiger partial charge in [-0.15, -0.1) is 0 Å². The SMILES string of the molecule is CN(C)CC1CC(O)CN1CC(=O)NC1CC1. The molecule has 2 fully saturated rings. The summed E-state index contributed by atoms with van der Waals surface area (Å²) in [7, 11) is 4.04. The van der Waals surface area contributed by atoms with Gasteiger partial charge in [-0.05, 0) is 33.4 Å². The third-order valence-corrected chi connectivity index (χ3v) is 3.37. The fraction of sp³-hybridized carbons (Fsp3) is 0.917. The van der Waals surface area contributed by atoms with Crippen molar-refractivity contribution < 1.29 is 9.90 Å². The molecule has 1 amide bonds. The summed E-state index contributed by atoms with van der Waals surface area (Å²) in [6, 6.07) is 0.715. The summed E-state index contributed by atoms with van der Waals surface area (Å²) in [6.07, 6.45) is 2.73. The van der Waals surface area contributed by atoms with Crippen LogP contribution in [-0.4, -0.2) is 72.7 Å². The summed E-state index contributed by atoms with van der Waals surface area (Å²) in [5.74, 6) is 0.102. The molecule has 1 saturated carbocycles. The Kier molecular flexibility index (Phi) is 4.01. The van der Waals surface area contributed by atoms with Crippen LogP contribution in [0.2, 0.25) is 0 Å². The molecule has 98 valence electrons. The van der Waals surface area contributed by atoms with E-state index in [4.69, 9.17) is 0 Å². The molecule has 2 unspecified atom stereocenters. The van der Waals surface area contributed by atoms with E-state index in [9.17, 15) is 9.90 Å². The van der Waals surface area contributed by atoms with E-state index in [1.54, 1.807) is 0 Å². The molecule has 1 aliphatic carbocycles. The number of nitrogens with zero attached hydrogens (tertiary/aromatic N) is 2. The molecular weight excluding hydrogens is 218 g/mol. The van der Waals surface area contributed by atoms with Crippen molar-refractivity contribution in [2.45, 2.75) is 37.5 Å². The lowest BCUT2D eigenvalue weighted by atomic mass is 10.2. The van der Waals surface area contributed by atoms with Crippen LogP contribution in [0.25, 0.3) is 0 Å². The number of nitrogens with one attached hydrogen (secondary N) is 1. The van der Waals surface area contributed by atoms with Gasteiger partial charge in [-0.1, -0.05) is 0 Å². The van der Waals surface area contributed by atoms with Crippen LogP contribution >= 0.6 is 0 Å². The average molecular weight is 241 g/mol. The van der Waals surface area contributed by atoms with Crippen LogP contribution in [0.15, 0.2) is 0 Å². The number of carbonyl (C=O) groups is 1. The van der Waals surface area contributed by atoms with E-state index in [-0.39, 0.29) is 12.0 Å². The molecule has 0 aromatic rings. The predicted molar refractivity (Wildman–Crippen MR) is 65.7 cm³/mol. The van der Waals surface area contributed by atoms with E-state index < -0.39 is 0 Å². The normalized spacial score (nSPS) is 29.9. The first-order chi connectivity index (χ1) is 8.04. The highest BCUT2D eigenvalue weighted by Gasteiger charge is 2.33. The maximum absolute atomic E-state index is 11.7. The average Bonchev–Trinajstić information content (AvgIpc) is 2.92. The zero-order valence-corrected chi connectivity index (χ0v) is 10.7. The molecule has 0 aromatic heterocycles. The topological polar surface area (TPSA) is 55.8 Å². The molecule has 17 heavy (non-hydrogen) atoms. The van der Waals surface area contributed by atoms with Crippen molar-refractivity contribution in [3.8, 4) is 0 Å². The summed E-state index contributed by atoms with van der Waals surface area (Å²) in [5.41, 5.74) is 0. The highest BCUT2D eigenvalue weighted by molar-refractivity contribution is 5.78. The Labute approximate surface area is 103 Å². The number of aliphatic hydroxyl groups is 1. The number of β-amino-alcohol motifs (C(OH)–C–C–N with tert-alkyl or cyclic N) is 1. The first-order valence-corrected chi connectivity index (χ1v) is 6.41. The van der Waals surface area contributed by atoms with E-state index in [0.29, 0.717) is 25.2 Å². The minimum Gasteiger partial charge on any atom is -0.392 e. The molecule has 0 bridgehead atoms. The van der Waals surface area contributed by atoms with Crippen molar-refractivity contribution >= 4 is 5.91 Å². The number of likely N-dealkylation sites (N-methyl/N-ethyl adjacent to an activating group) is 1.